The summed E-state index contributed by atoms with van der Waals surface area (Å²) in [5, 5.41) is 7.96. The second kappa shape index (κ2) is 4.58. The Balaban J connectivity index is 4.00. The lowest BCUT2D eigenvalue weighted by atomic mass is 10.2. The van der Waals surface area contributed by atoms with Gasteiger partial charge in [0.1, 0.15) is 11.0 Å². The number of rotatable bonds is 4. The smallest absolute Gasteiger partial charge is 0.325 e. The molecule has 0 aliphatic rings. The topological polar surface area (TPSA) is 86.4 Å². The van der Waals surface area contributed by atoms with E-state index in [1.165, 1.54) is 0 Å². The van der Waals surface area contributed by atoms with E-state index in [1.807, 2.05) is 0 Å². The number of hydrogen-bond acceptors (Lipinski definition) is 3. The van der Waals surface area contributed by atoms with Crippen molar-refractivity contribution in [3.05, 3.63) is 0 Å². The van der Waals surface area contributed by atoms with E-state index in [1.54, 1.807) is 13.8 Å². The van der Waals surface area contributed by atoms with Crippen LogP contribution in [-0.4, -0.2) is 32.7 Å². The molecule has 0 aliphatic heterocycles. The Morgan fingerprint density at radius 1 is 1.82 bits per heavy atom. The van der Waals surface area contributed by atoms with E-state index in [0.717, 1.165) is 0 Å². The molecule has 2 unspecified atom stereocenters. The van der Waals surface area contributed by atoms with Crippen LogP contribution >= 0.6 is 0 Å². The lowest BCUT2D eigenvalue weighted by molar-refractivity contribution is -0.138. The molecule has 0 aromatic rings. The highest BCUT2D eigenvalue weighted by Crippen LogP contribution is 2.05. The van der Waals surface area contributed by atoms with E-state index in [4.69, 9.17) is 10.8 Å². The average Bonchev–Trinajstić information content (AvgIpc) is 2.00. The predicted molar refractivity (Wildman–Crippen MR) is 43.8 cm³/mol. The summed E-state index contributed by atoms with van der Waals surface area (Å²) in [4.78, 5) is 10.3. The second-order valence-electron chi connectivity index (χ2n) is 2.24. The van der Waals surface area contributed by atoms with E-state index in [9.17, 15) is 9.35 Å². The summed E-state index contributed by atoms with van der Waals surface area (Å²) in [7, 11) is 0. The van der Waals surface area contributed by atoms with Gasteiger partial charge in [-0.2, -0.15) is 0 Å². The number of carboxylic acid groups (broad SMARTS) is 1. The molecule has 0 aromatic carbocycles. The first kappa shape index (κ1) is 10.7. The number of carbonyl (C=O) groups is 1. The average molecular weight is 179 g/mol. The van der Waals surface area contributed by atoms with Gasteiger partial charge in [0.2, 0.25) is 0 Å². The number of hydrogen-bond donors (Lipinski definition) is 2. The summed E-state index contributed by atoms with van der Waals surface area (Å²) >= 11 is -1.13. The minimum atomic E-state index is -1.13. The highest BCUT2D eigenvalue weighted by atomic mass is 32.2. The summed E-state index contributed by atoms with van der Waals surface area (Å²) in [5.74, 6) is -0.651. The summed E-state index contributed by atoms with van der Waals surface area (Å²) < 4.78 is 11.0. The first-order chi connectivity index (χ1) is 5.00. The van der Waals surface area contributed by atoms with Crippen LogP contribution in [0.1, 0.15) is 13.8 Å². The monoisotopic (exact) mass is 179 g/mol. The largest absolute Gasteiger partial charge is 0.616 e. The van der Waals surface area contributed by atoms with E-state index in [-0.39, 0.29) is 0 Å². The number of carboxylic acids is 1. The van der Waals surface area contributed by atoms with Gasteiger partial charge in [-0.1, -0.05) is 0 Å². The molecule has 0 saturated carbocycles. The number of nitrogens with two attached hydrogens (primary N) is 1. The molecule has 0 heterocycles. The van der Waals surface area contributed by atoms with E-state index >= 15 is 0 Å². The molecule has 3 N–H and O–H groups in total. The van der Waals surface area contributed by atoms with Gasteiger partial charge in [0.25, 0.3) is 0 Å². The molecule has 0 aliphatic carbocycles. The Labute approximate surface area is 69.0 Å². The van der Waals surface area contributed by atoms with Crippen molar-refractivity contribution in [3.8, 4) is 0 Å². The fourth-order valence-electron chi connectivity index (χ4n) is 0.627. The quantitative estimate of drug-likeness (QED) is 0.572. The van der Waals surface area contributed by atoms with Crippen LogP contribution in [0.15, 0.2) is 0 Å². The van der Waals surface area contributed by atoms with Crippen LogP contribution in [0, 0.1) is 0 Å². The lowest BCUT2D eigenvalue weighted by Crippen LogP contribution is -2.44. The van der Waals surface area contributed by atoms with Crippen molar-refractivity contribution in [3.63, 3.8) is 0 Å². The first-order valence-corrected chi connectivity index (χ1v) is 4.74. The van der Waals surface area contributed by atoms with Gasteiger partial charge in [-0.3, -0.25) is 4.79 Å². The first-order valence-electron chi connectivity index (χ1n) is 3.36. The van der Waals surface area contributed by atoms with Gasteiger partial charge >= 0.3 is 5.97 Å². The van der Waals surface area contributed by atoms with Crippen LogP contribution in [0.4, 0.5) is 0 Å². The van der Waals surface area contributed by atoms with Gasteiger partial charge in [-0.25, -0.2) is 0 Å². The molecule has 5 heteroatoms. The Morgan fingerprint density at radius 2 is 2.27 bits per heavy atom. The van der Waals surface area contributed by atoms with E-state index < -0.39 is 28.4 Å². The molecular formula is C6H13NO3S. The van der Waals surface area contributed by atoms with Crippen molar-refractivity contribution in [2.75, 3.05) is 5.75 Å². The van der Waals surface area contributed by atoms with Gasteiger partial charge in [0.05, 0.1) is 0 Å². The molecule has 0 rings (SSSR count). The molecule has 0 saturated heterocycles. The van der Waals surface area contributed by atoms with Gasteiger partial charge in [0, 0.05) is 0 Å². The number of aliphatic carboxylic acids is 1. The van der Waals surface area contributed by atoms with Crippen molar-refractivity contribution in [1.29, 1.82) is 0 Å². The fourth-order valence-corrected chi connectivity index (χ4v) is 1.60. The van der Waals surface area contributed by atoms with Crippen molar-refractivity contribution in [2.24, 2.45) is 5.73 Å². The maximum atomic E-state index is 11.0. The third-order valence-electron chi connectivity index (χ3n) is 1.49. The molecular weight excluding hydrogens is 166 g/mol. The minimum absolute atomic E-state index is 0.447. The Hall–Kier alpha value is -0.260. The van der Waals surface area contributed by atoms with Crippen molar-refractivity contribution in [2.45, 2.75) is 25.1 Å². The molecule has 0 spiro atoms. The molecule has 0 bridgehead atoms. The van der Waals surface area contributed by atoms with Crippen molar-refractivity contribution in [1.82, 2.24) is 0 Å². The second-order valence-corrected chi connectivity index (χ2v) is 4.32. The maximum Gasteiger partial charge on any atom is 0.325 e. The van der Waals surface area contributed by atoms with E-state index in [2.05, 4.69) is 0 Å². The molecule has 0 fully saturated rings. The molecule has 4 nitrogen and oxygen atoms in total. The Kier molecular flexibility index (Phi) is 4.48. The van der Waals surface area contributed by atoms with Gasteiger partial charge in [-0.15, -0.1) is 0 Å². The summed E-state index contributed by atoms with van der Waals surface area (Å²) in [5.41, 5.74) is 5.24. The highest BCUT2D eigenvalue weighted by Gasteiger charge is 2.28. The fraction of sp³-hybridized carbons (Fsp3) is 0.833. The van der Waals surface area contributed by atoms with Crippen molar-refractivity contribution < 1.29 is 14.5 Å². The van der Waals surface area contributed by atoms with Crippen LogP contribution < -0.4 is 5.73 Å². The zero-order valence-electron chi connectivity index (χ0n) is 6.61. The zero-order valence-corrected chi connectivity index (χ0v) is 7.43. The normalized spacial score (nSPS) is 18.9. The molecule has 66 valence electrons. The highest BCUT2D eigenvalue weighted by molar-refractivity contribution is 7.92. The molecule has 3 atom stereocenters. The lowest BCUT2D eigenvalue weighted by Gasteiger charge is -2.19. The molecule has 0 aromatic heterocycles. The SMILES string of the molecule is CC[S+]([O-])C(C)[C@H](N)C(=O)O. The molecule has 0 radical (unpaired) electrons. The minimum Gasteiger partial charge on any atom is -0.616 e. The maximum absolute atomic E-state index is 11.0. The molecule has 0 amide bonds. The van der Waals surface area contributed by atoms with Crippen LogP contribution in [0.2, 0.25) is 0 Å². The van der Waals surface area contributed by atoms with Crippen LogP contribution in [0.5, 0.6) is 0 Å². The standard InChI is InChI=1S/C6H13NO3S/c1-3-11(10)4(2)5(7)6(8)9/h4-5H,3,7H2,1-2H3,(H,8,9)/t4?,5-,11?/m0/s1. The summed E-state index contributed by atoms with van der Waals surface area (Å²) in [6.07, 6.45) is 0. The van der Waals surface area contributed by atoms with E-state index in [0.29, 0.717) is 5.75 Å². The zero-order chi connectivity index (χ0) is 9.02. The van der Waals surface area contributed by atoms with Crippen LogP contribution in [-0.2, 0) is 16.0 Å². The van der Waals surface area contributed by atoms with Crippen molar-refractivity contribution >= 4 is 17.1 Å². The van der Waals surface area contributed by atoms with Crippen LogP contribution in [0.3, 0.4) is 0 Å². The van der Waals surface area contributed by atoms with Crippen LogP contribution in [0.25, 0.3) is 0 Å². The molecule has 11 heavy (non-hydrogen) atoms. The van der Waals surface area contributed by atoms with Gasteiger partial charge in [0.15, 0.2) is 6.04 Å². The third kappa shape index (κ3) is 3.09. The summed E-state index contributed by atoms with van der Waals surface area (Å²) in [6.45, 7) is 3.32. The Morgan fingerprint density at radius 3 is 2.55 bits per heavy atom. The van der Waals surface area contributed by atoms with Gasteiger partial charge in [-0.05, 0) is 25.0 Å². The summed E-state index contributed by atoms with van der Waals surface area (Å²) in [6, 6.07) is -1.02. The van der Waals surface area contributed by atoms with Gasteiger partial charge < -0.3 is 15.4 Å². The predicted octanol–water partition coefficient (Wildman–Crippen LogP) is -0.445. The third-order valence-corrected chi connectivity index (χ3v) is 3.18. The Bertz CT molecular complexity index is 142.